The van der Waals surface area contributed by atoms with Crippen LogP contribution in [0.25, 0.3) is 0 Å². The molecule has 0 amide bonds. The van der Waals surface area contributed by atoms with E-state index >= 15 is 0 Å². The monoisotopic (exact) mass is 363 g/mol. The van der Waals surface area contributed by atoms with Crippen LogP contribution in [0.2, 0.25) is 0 Å². The van der Waals surface area contributed by atoms with Crippen LogP contribution in [0.1, 0.15) is 75.5 Å². The Balaban J connectivity index is 1.58. The highest BCUT2D eigenvalue weighted by Crippen LogP contribution is 2.49. The molecule has 2 heteroatoms. The zero-order valence-electron chi connectivity index (χ0n) is 16.6. The third kappa shape index (κ3) is 3.83. The van der Waals surface area contributed by atoms with E-state index in [0.717, 1.165) is 18.4 Å². The molecule has 2 aliphatic rings. The van der Waals surface area contributed by atoms with Gasteiger partial charge in [0, 0.05) is 18.1 Å². The average molecular weight is 364 g/mol. The van der Waals surface area contributed by atoms with Crippen molar-refractivity contribution in [2.75, 3.05) is 0 Å². The normalized spacial score (nSPS) is 29.0. The van der Waals surface area contributed by atoms with Gasteiger partial charge in [-0.05, 0) is 43.2 Å². The summed E-state index contributed by atoms with van der Waals surface area (Å²) in [5.74, 6) is 0. The topological polar surface area (TPSA) is 23.5 Å². The minimum Gasteiger partial charge on any atom is -0.385 e. The van der Waals surface area contributed by atoms with Gasteiger partial charge in [-0.3, -0.25) is 4.90 Å². The minimum absolute atomic E-state index is 0.487. The molecule has 4 rings (SSSR count). The molecule has 3 unspecified atom stereocenters. The molecule has 2 saturated heterocycles. The number of aliphatic hydroxyl groups is 1. The number of fused-ring (bicyclic) bond motifs is 2. The van der Waals surface area contributed by atoms with Crippen LogP contribution >= 0.6 is 0 Å². The van der Waals surface area contributed by atoms with Gasteiger partial charge in [0.05, 0.1) is 5.60 Å². The van der Waals surface area contributed by atoms with Gasteiger partial charge in [0.15, 0.2) is 0 Å². The third-order valence-corrected chi connectivity index (χ3v) is 6.76. The Bertz CT molecular complexity index is 700. The number of unbranched alkanes of at least 4 members (excludes halogenated alkanes) is 2. The van der Waals surface area contributed by atoms with Gasteiger partial charge in [-0.25, -0.2) is 0 Å². The molecule has 0 aliphatic carbocycles. The summed E-state index contributed by atoms with van der Waals surface area (Å²) in [5.41, 5.74) is 1.90. The smallest absolute Gasteiger partial charge is 0.0926 e. The van der Waals surface area contributed by atoms with Crippen molar-refractivity contribution >= 4 is 0 Å². The van der Waals surface area contributed by atoms with Crippen molar-refractivity contribution in [3.63, 3.8) is 0 Å². The molecular weight excluding hydrogens is 330 g/mol. The maximum Gasteiger partial charge on any atom is 0.0926 e. The first-order valence-electron chi connectivity index (χ1n) is 10.8. The van der Waals surface area contributed by atoms with E-state index in [2.05, 4.69) is 66.4 Å². The molecule has 0 radical (unpaired) electrons. The van der Waals surface area contributed by atoms with Crippen molar-refractivity contribution < 1.29 is 5.11 Å². The molecule has 1 N–H and O–H groups in total. The molecule has 2 heterocycles. The molecule has 3 atom stereocenters. The molecule has 2 aromatic rings. The number of piperidine rings is 1. The Morgan fingerprint density at radius 2 is 1.52 bits per heavy atom. The fourth-order valence-electron chi connectivity index (χ4n) is 5.50. The van der Waals surface area contributed by atoms with Crippen LogP contribution in [0, 0.1) is 0 Å². The van der Waals surface area contributed by atoms with E-state index in [1.807, 2.05) is 6.07 Å². The Hall–Kier alpha value is -1.64. The van der Waals surface area contributed by atoms with Crippen molar-refractivity contribution in [2.24, 2.45) is 0 Å². The third-order valence-electron chi connectivity index (χ3n) is 6.76. The van der Waals surface area contributed by atoms with Crippen molar-refractivity contribution in [1.82, 2.24) is 4.90 Å². The highest BCUT2D eigenvalue weighted by atomic mass is 16.3. The first kappa shape index (κ1) is 18.7. The van der Waals surface area contributed by atoms with Crippen molar-refractivity contribution in [2.45, 2.75) is 82.0 Å². The molecule has 2 bridgehead atoms. The van der Waals surface area contributed by atoms with Gasteiger partial charge in [0.1, 0.15) is 0 Å². The van der Waals surface area contributed by atoms with E-state index < -0.39 is 5.60 Å². The molecule has 2 aromatic carbocycles. The zero-order chi connectivity index (χ0) is 18.7. The Morgan fingerprint density at radius 3 is 2.11 bits per heavy atom. The first-order chi connectivity index (χ1) is 13.2. The molecule has 2 fully saturated rings. The maximum atomic E-state index is 11.5. The maximum absolute atomic E-state index is 11.5. The summed E-state index contributed by atoms with van der Waals surface area (Å²) in [4.78, 5) is 2.78. The zero-order valence-corrected chi connectivity index (χ0v) is 16.6. The van der Waals surface area contributed by atoms with Crippen LogP contribution in [-0.4, -0.2) is 22.1 Å². The number of hydrogen-bond acceptors (Lipinski definition) is 2. The average Bonchev–Trinajstić information content (AvgIpc) is 2.98. The van der Waals surface area contributed by atoms with Crippen molar-refractivity contribution in [3.05, 3.63) is 71.8 Å². The quantitative estimate of drug-likeness (QED) is 0.626. The fourth-order valence-corrected chi connectivity index (χ4v) is 5.50. The summed E-state index contributed by atoms with van der Waals surface area (Å²) < 4.78 is 0. The Kier molecular flexibility index (Phi) is 5.66. The van der Waals surface area contributed by atoms with Crippen molar-refractivity contribution in [1.29, 1.82) is 0 Å². The number of benzene rings is 2. The number of hydrogen-bond donors (Lipinski definition) is 1. The highest BCUT2D eigenvalue weighted by Gasteiger charge is 2.50. The van der Waals surface area contributed by atoms with Gasteiger partial charge in [0.2, 0.25) is 0 Å². The summed E-state index contributed by atoms with van der Waals surface area (Å²) in [6.07, 6.45) is 9.26. The lowest BCUT2D eigenvalue weighted by Gasteiger charge is -2.47. The Morgan fingerprint density at radius 1 is 0.926 bits per heavy atom. The summed E-state index contributed by atoms with van der Waals surface area (Å²) in [6.45, 7) is 2.28. The SMILES string of the molecule is CCCCCC(c1ccccc1)N1C2CCC1CC(O)(c1ccccc1)C2. The lowest BCUT2D eigenvalue weighted by molar-refractivity contribution is -0.0716. The highest BCUT2D eigenvalue weighted by molar-refractivity contribution is 5.26. The molecule has 2 aliphatic heterocycles. The molecule has 144 valence electrons. The summed E-state index contributed by atoms with van der Waals surface area (Å²) >= 11 is 0. The minimum atomic E-state index is -0.658. The first-order valence-corrected chi connectivity index (χ1v) is 10.8. The lowest BCUT2D eigenvalue weighted by atomic mass is 9.79. The number of rotatable bonds is 7. The molecule has 0 saturated carbocycles. The van der Waals surface area contributed by atoms with E-state index in [9.17, 15) is 5.11 Å². The van der Waals surface area contributed by atoms with Crippen LogP contribution in [0.5, 0.6) is 0 Å². The second-order valence-electron chi connectivity index (χ2n) is 8.56. The van der Waals surface area contributed by atoms with Crippen LogP contribution in [0.4, 0.5) is 0 Å². The van der Waals surface area contributed by atoms with Crippen LogP contribution in [-0.2, 0) is 5.60 Å². The van der Waals surface area contributed by atoms with Crippen LogP contribution < -0.4 is 0 Å². The molecular formula is C25H33NO. The van der Waals surface area contributed by atoms with E-state index in [1.54, 1.807) is 0 Å². The molecule has 27 heavy (non-hydrogen) atoms. The van der Waals surface area contributed by atoms with E-state index in [-0.39, 0.29) is 0 Å². The Labute approximate surface area is 164 Å². The lowest BCUT2D eigenvalue weighted by Crippen LogP contribution is -2.50. The van der Waals surface area contributed by atoms with Gasteiger partial charge in [-0.2, -0.15) is 0 Å². The second-order valence-corrected chi connectivity index (χ2v) is 8.56. The largest absolute Gasteiger partial charge is 0.385 e. The van der Waals surface area contributed by atoms with Gasteiger partial charge < -0.3 is 5.11 Å². The fraction of sp³-hybridized carbons (Fsp3) is 0.520. The van der Waals surface area contributed by atoms with Crippen LogP contribution in [0.15, 0.2) is 60.7 Å². The summed E-state index contributed by atoms with van der Waals surface area (Å²) in [7, 11) is 0. The predicted molar refractivity (Wildman–Crippen MR) is 112 cm³/mol. The summed E-state index contributed by atoms with van der Waals surface area (Å²) in [6, 6.07) is 22.9. The van der Waals surface area contributed by atoms with Crippen molar-refractivity contribution in [3.8, 4) is 0 Å². The molecule has 0 spiro atoms. The number of nitrogens with zero attached hydrogens (tertiary/aromatic N) is 1. The summed E-state index contributed by atoms with van der Waals surface area (Å²) in [5, 5.41) is 11.5. The van der Waals surface area contributed by atoms with Gasteiger partial charge >= 0.3 is 0 Å². The molecule has 0 aromatic heterocycles. The molecule has 2 nitrogen and oxygen atoms in total. The van der Waals surface area contributed by atoms with E-state index in [1.165, 1.54) is 44.1 Å². The standard InChI is InChI=1S/C25H33NO/c1-2-3-6-15-24(20-11-7-4-8-12-20)26-22-16-17-23(26)19-25(27,18-22)21-13-9-5-10-14-21/h4-5,7-14,22-24,27H,2-3,6,15-19H2,1H3. The van der Waals surface area contributed by atoms with Gasteiger partial charge in [-0.1, -0.05) is 86.8 Å². The van der Waals surface area contributed by atoms with Gasteiger partial charge in [-0.15, -0.1) is 0 Å². The van der Waals surface area contributed by atoms with Gasteiger partial charge in [0.25, 0.3) is 0 Å². The van der Waals surface area contributed by atoms with Crippen LogP contribution in [0.3, 0.4) is 0 Å². The van der Waals surface area contributed by atoms with E-state index in [4.69, 9.17) is 0 Å². The van der Waals surface area contributed by atoms with E-state index in [0.29, 0.717) is 18.1 Å². The second kappa shape index (κ2) is 8.16. The predicted octanol–water partition coefficient (Wildman–Crippen LogP) is 5.82.